The van der Waals surface area contributed by atoms with Gasteiger partial charge in [-0.2, -0.15) is 0 Å². The number of amides is 3. The van der Waals surface area contributed by atoms with Gasteiger partial charge in [0.05, 0.1) is 12.6 Å². The third-order valence-electron chi connectivity index (χ3n) is 4.27. The Morgan fingerprint density at radius 3 is 2.39 bits per heavy atom. The molecular formula is C22H36N6O3. The third-order valence-corrected chi connectivity index (χ3v) is 4.27. The number of carbonyl (C=O) groups is 2. The monoisotopic (exact) mass is 432 g/mol. The zero-order valence-electron chi connectivity index (χ0n) is 19.4. The zero-order chi connectivity index (χ0) is 23.0. The first kappa shape index (κ1) is 24.3. The molecule has 9 heteroatoms. The predicted octanol–water partition coefficient (Wildman–Crippen LogP) is 2.89. The molecule has 1 saturated heterocycles. The second kappa shape index (κ2) is 10.9. The Labute approximate surface area is 185 Å². The maximum atomic E-state index is 12.1. The Morgan fingerprint density at radius 1 is 1.19 bits per heavy atom. The molecule has 0 spiro atoms. The highest BCUT2D eigenvalue weighted by molar-refractivity contribution is 5.89. The topological polar surface area (TPSA) is 107 Å². The molecule has 1 aliphatic heterocycles. The van der Waals surface area contributed by atoms with E-state index in [9.17, 15) is 9.59 Å². The lowest BCUT2D eigenvalue weighted by molar-refractivity contribution is 0.00700. The Hall–Kier alpha value is -2.97. The number of ether oxygens (including phenoxy) is 1. The molecule has 0 aliphatic carbocycles. The van der Waals surface area contributed by atoms with Gasteiger partial charge in [-0.15, -0.1) is 0 Å². The van der Waals surface area contributed by atoms with Crippen LogP contribution in [0.3, 0.4) is 0 Å². The van der Waals surface area contributed by atoms with Crippen molar-refractivity contribution in [1.82, 2.24) is 20.9 Å². The van der Waals surface area contributed by atoms with Crippen molar-refractivity contribution in [2.24, 2.45) is 4.99 Å². The lowest BCUT2D eigenvalue weighted by atomic mass is 10.1. The second-order valence-electron chi connectivity index (χ2n) is 8.87. The van der Waals surface area contributed by atoms with E-state index in [0.29, 0.717) is 25.6 Å². The van der Waals surface area contributed by atoms with Gasteiger partial charge in [0.15, 0.2) is 5.96 Å². The van der Waals surface area contributed by atoms with Gasteiger partial charge in [-0.25, -0.2) is 14.6 Å². The van der Waals surface area contributed by atoms with Gasteiger partial charge in [0.1, 0.15) is 5.60 Å². The summed E-state index contributed by atoms with van der Waals surface area (Å²) in [4.78, 5) is 30.1. The largest absolute Gasteiger partial charge is 0.444 e. The molecule has 0 saturated carbocycles. The minimum Gasteiger partial charge on any atom is -0.444 e. The Kier molecular flexibility index (Phi) is 8.53. The van der Waals surface area contributed by atoms with Crippen molar-refractivity contribution in [1.29, 1.82) is 0 Å². The molecule has 0 radical (unpaired) electrons. The lowest BCUT2D eigenvalue weighted by Gasteiger charge is -2.40. The maximum absolute atomic E-state index is 12.1. The highest BCUT2D eigenvalue weighted by atomic mass is 16.6. The zero-order valence-corrected chi connectivity index (χ0v) is 19.4. The van der Waals surface area contributed by atoms with Crippen LogP contribution in [-0.4, -0.2) is 60.3 Å². The Morgan fingerprint density at radius 2 is 1.84 bits per heavy atom. The van der Waals surface area contributed by atoms with Gasteiger partial charge >= 0.3 is 12.1 Å². The van der Waals surface area contributed by atoms with E-state index in [-0.39, 0.29) is 24.2 Å². The predicted molar refractivity (Wildman–Crippen MR) is 123 cm³/mol. The van der Waals surface area contributed by atoms with Crippen LogP contribution >= 0.6 is 0 Å². The van der Waals surface area contributed by atoms with Crippen molar-refractivity contribution >= 4 is 23.8 Å². The summed E-state index contributed by atoms with van der Waals surface area (Å²) in [5, 5.41) is 12.2. The number of likely N-dealkylation sites (tertiary alicyclic amines) is 1. The molecule has 1 aliphatic rings. The smallest absolute Gasteiger partial charge is 0.410 e. The van der Waals surface area contributed by atoms with Crippen LogP contribution in [0.1, 0.15) is 47.1 Å². The molecule has 1 fully saturated rings. The number of aliphatic imine (C=N–C) groups is 1. The van der Waals surface area contributed by atoms with Gasteiger partial charge in [0.25, 0.3) is 0 Å². The fourth-order valence-corrected chi connectivity index (χ4v) is 2.85. The van der Waals surface area contributed by atoms with E-state index in [4.69, 9.17) is 4.74 Å². The second-order valence-corrected chi connectivity index (χ2v) is 8.87. The summed E-state index contributed by atoms with van der Waals surface area (Å²) in [5.41, 5.74) is 1.26. The van der Waals surface area contributed by atoms with Crippen molar-refractivity contribution < 1.29 is 14.3 Å². The van der Waals surface area contributed by atoms with Crippen molar-refractivity contribution in [2.45, 2.75) is 65.8 Å². The standard InChI is InChI=1S/C22H36N6O3/c1-7-23-19(26-18-13-28(14-18)21(30)31-22(4,5)6)24-12-16-8-10-17(11-9-16)27-20(29)25-15(2)3/h8-11,15,18H,7,12-14H2,1-6H3,(H2,23,24,26)(H2,25,27,29). The van der Waals surface area contributed by atoms with Gasteiger partial charge in [0, 0.05) is 31.4 Å². The molecular weight excluding hydrogens is 396 g/mol. The first-order valence-electron chi connectivity index (χ1n) is 10.7. The molecule has 31 heavy (non-hydrogen) atoms. The normalized spacial score (nSPS) is 14.7. The summed E-state index contributed by atoms with van der Waals surface area (Å²) in [6.45, 7) is 13.8. The SMILES string of the molecule is CCNC(=NCc1ccc(NC(=O)NC(C)C)cc1)NC1CN(C(=O)OC(C)(C)C)C1. The van der Waals surface area contributed by atoms with Crippen LogP contribution in [-0.2, 0) is 11.3 Å². The molecule has 2 rings (SSSR count). The number of anilines is 1. The molecule has 1 aromatic carbocycles. The summed E-state index contributed by atoms with van der Waals surface area (Å²) in [7, 11) is 0. The van der Waals surface area contributed by atoms with E-state index in [1.807, 2.05) is 65.8 Å². The molecule has 0 atom stereocenters. The average Bonchev–Trinajstić information content (AvgIpc) is 2.61. The van der Waals surface area contributed by atoms with Crippen molar-refractivity contribution in [3.8, 4) is 0 Å². The minimum absolute atomic E-state index is 0.0810. The van der Waals surface area contributed by atoms with E-state index >= 15 is 0 Å². The maximum Gasteiger partial charge on any atom is 0.410 e. The Bertz CT molecular complexity index is 764. The van der Waals surface area contributed by atoms with E-state index in [1.54, 1.807) is 4.90 Å². The minimum atomic E-state index is -0.491. The summed E-state index contributed by atoms with van der Waals surface area (Å²) in [6, 6.07) is 7.58. The molecule has 4 N–H and O–H groups in total. The number of hydrogen-bond acceptors (Lipinski definition) is 4. The van der Waals surface area contributed by atoms with Crippen LogP contribution in [0.5, 0.6) is 0 Å². The van der Waals surface area contributed by atoms with Gasteiger partial charge < -0.3 is 30.9 Å². The fraction of sp³-hybridized carbons (Fsp3) is 0.591. The first-order valence-corrected chi connectivity index (χ1v) is 10.7. The number of nitrogens with zero attached hydrogens (tertiary/aromatic N) is 2. The fourth-order valence-electron chi connectivity index (χ4n) is 2.85. The lowest BCUT2D eigenvalue weighted by Crippen LogP contribution is -2.63. The third kappa shape index (κ3) is 8.74. The highest BCUT2D eigenvalue weighted by Gasteiger charge is 2.34. The molecule has 0 bridgehead atoms. The summed E-state index contributed by atoms with van der Waals surface area (Å²) in [5.74, 6) is 0.704. The number of guanidine groups is 1. The quantitative estimate of drug-likeness (QED) is 0.408. The molecule has 1 aromatic rings. The average molecular weight is 433 g/mol. The number of carbonyl (C=O) groups excluding carboxylic acids is 2. The highest BCUT2D eigenvalue weighted by Crippen LogP contribution is 2.15. The van der Waals surface area contributed by atoms with Crippen LogP contribution in [0.15, 0.2) is 29.3 Å². The van der Waals surface area contributed by atoms with Crippen LogP contribution in [0.4, 0.5) is 15.3 Å². The molecule has 172 valence electrons. The number of benzene rings is 1. The van der Waals surface area contributed by atoms with Gasteiger partial charge in [-0.05, 0) is 59.2 Å². The molecule has 0 aromatic heterocycles. The van der Waals surface area contributed by atoms with Gasteiger partial charge in [0.2, 0.25) is 0 Å². The van der Waals surface area contributed by atoms with Crippen molar-refractivity contribution in [3.63, 3.8) is 0 Å². The van der Waals surface area contributed by atoms with Crippen LogP contribution < -0.4 is 21.3 Å². The van der Waals surface area contributed by atoms with Crippen molar-refractivity contribution in [2.75, 3.05) is 25.0 Å². The number of nitrogens with one attached hydrogen (secondary N) is 4. The van der Waals surface area contributed by atoms with E-state index in [2.05, 4.69) is 26.3 Å². The van der Waals surface area contributed by atoms with Crippen molar-refractivity contribution in [3.05, 3.63) is 29.8 Å². The van der Waals surface area contributed by atoms with E-state index in [1.165, 1.54) is 0 Å². The molecule has 9 nitrogen and oxygen atoms in total. The molecule has 0 unspecified atom stereocenters. The molecule has 1 heterocycles. The van der Waals surface area contributed by atoms with Gasteiger partial charge in [-0.1, -0.05) is 12.1 Å². The number of rotatable bonds is 6. The van der Waals surface area contributed by atoms with Crippen LogP contribution in [0.2, 0.25) is 0 Å². The van der Waals surface area contributed by atoms with Crippen LogP contribution in [0.25, 0.3) is 0 Å². The summed E-state index contributed by atoms with van der Waals surface area (Å²) >= 11 is 0. The van der Waals surface area contributed by atoms with E-state index < -0.39 is 5.60 Å². The summed E-state index contributed by atoms with van der Waals surface area (Å²) < 4.78 is 5.38. The van der Waals surface area contributed by atoms with Gasteiger partial charge in [-0.3, -0.25) is 0 Å². The van der Waals surface area contributed by atoms with E-state index in [0.717, 1.165) is 17.8 Å². The number of urea groups is 1. The first-order chi connectivity index (χ1) is 14.6. The van der Waals surface area contributed by atoms with Crippen LogP contribution in [0, 0.1) is 0 Å². The molecule has 3 amide bonds. The number of hydrogen-bond donors (Lipinski definition) is 4. The summed E-state index contributed by atoms with van der Waals surface area (Å²) in [6.07, 6.45) is -0.289. The Balaban J connectivity index is 1.84.